The van der Waals surface area contributed by atoms with Crippen molar-refractivity contribution in [3.63, 3.8) is 0 Å². The van der Waals surface area contributed by atoms with Crippen LogP contribution < -0.4 is 5.32 Å². The zero-order valence-corrected chi connectivity index (χ0v) is 10.7. The first-order valence-corrected chi connectivity index (χ1v) is 6.22. The molecule has 0 amide bonds. The predicted molar refractivity (Wildman–Crippen MR) is 71.0 cm³/mol. The van der Waals surface area contributed by atoms with Gasteiger partial charge in [0.25, 0.3) is 0 Å². The van der Waals surface area contributed by atoms with Crippen molar-refractivity contribution in [2.24, 2.45) is 0 Å². The number of benzene rings is 1. The lowest BCUT2D eigenvalue weighted by atomic mass is 10.2. The predicted octanol–water partition coefficient (Wildman–Crippen LogP) is 3.61. The molecule has 1 aromatic heterocycles. The molecule has 0 aliphatic carbocycles. The monoisotopic (exact) mass is 247 g/mol. The van der Waals surface area contributed by atoms with Gasteiger partial charge in [0.15, 0.2) is 0 Å². The van der Waals surface area contributed by atoms with E-state index in [4.69, 9.17) is 0 Å². The van der Waals surface area contributed by atoms with Crippen LogP contribution in [0.2, 0.25) is 0 Å². The zero-order chi connectivity index (χ0) is 13.0. The Morgan fingerprint density at radius 3 is 2.67 bits per heavy atom. The van der Waals surface area contributed by atoms with Crippen LogP contribution in [0, 0.1) is 5.82 Å². The maximum Gasteiger partial charge on any atom is 0.148 e. The normalized spacial score (nSPS) is 12.4. The quantitative estimate of drug-likeness (QED) is 0.874. The van der Waals surface area contributed by atoms with Gasteiger partial charge in [-0.15, -0.1) is 0 Å². The number of rotatable bonds is 5. The van der Waals surface area contributed by atoms with Crippen LogP contribution in [0.25, 0.3) is 0 Å². The average molecular weight is 247 g/mol. The van der Waals surface area contributed by atoms with Crippen molar-refractivity contribution in [3.8, 4) is 0 Å². The summed E-state index contributed by atoms with van der Waals surface area (Å²) in [6, 6.07) is 8.84. The molecular formula is C14H18FN3. The molecule has 0 radical (unpaired) electrons. The Morgan fingerprint density at radius 1 is 1.28 bits per heavy atom. The molecule has 0 aliphatic heterocycles. The summed E-state index contributed by atoms with van der Waals surface area (Å²) in [4.78, 5) is 0. The van der Waals surface area contributed by atoms with Crippen LogP contribution >= 0.6 is 0 Å². The van der Waals surface area contributed by atoms with Crippen LogP contribution in [0.15, 0.2) is 36.5 Å². The van der Waals surface area contributed by atoms with Crippen molar-refractivity contribution < 1.29 is 4.39 Å². The summed E-state index contributed by atoms with van der Waals surface area (Å²) in [5.41, 5.74) is 1.04. The van der Waals surface area contributed by atoms with Crippen molar-refractivity contribution in [2.75, 3.05) is 5.32 Å². The van der Waals surface area contributed by atoms with Gasteiger partial charge in [0.2, 0.25) is 0 Å². The van der Waals surface area contributed by atoms with Gasteiger partial charge in [-0.3, -0.25) is 4.68 Å². The first kappa shape index (κ1) is 12.6. The van der Waals surface area contributed by atoms with E-state index in [2.05, 4.69) is 24.3 Å². The van der Waals surface area contributed by atoms with Crippen LogP contribution in [0.1, 0.15) is 31.9 Å². The molecule has 0 spiro atoms. The molecule has 2 aromatic rings. The topological polar surface area (TPSA) is 29.9 Å². The van der Waals surface area contributed by atoms with Gasteiger partial charge >= 0.3 is 0 Å². The number of aromatic nitrogens is 2. The van der Waals surface area contributed by atoms with Crippen LogP contribution in [-0.4, -0.2) is 9.78 Å². The Bertz CT molecular complexity index is 490. The lowest BCUT2D eigenvalue weighted by Gasteiger charge is -2.08. The molecule has 18 heavy (non-hydrogen) atoms. The molecule has 4 heteroatoms. The van der Waals surface area contributed by atoms with Crippen molar-refractivity contribution >= 4 is 5.82 Å². The van der Waals surface area contributed by atoms with E-state index in [9.17, 15) is 4.39 Å². The summed E-state index contributed by atoms with van der Waals surface area (Å²) in [7, 11) is 0. The number of hydrogen-bond acceptors (Lipinski definition) is 2. The fourth-order valence-corrected chi connectivity index (χ4v) is 1.66. The third-order valence-corrected chi connectivity index (χ3v) is 3.04. The molecule has 0 bridgehead atoms. The van der Waals surface area contributed by atoms with Gasteiger partial charge in [-0.05, 0) is 31.0 Å². The van der Waals surface area contributed by atoms with E-state index in [1.165, 1.54) is 12.1 Å². The lowest BCUT2D eigenvalue weighted by Crippen LogP contribution is -2.06. The molecule has 0 saturated carbocycles. The molecule has 3 nitrogen and oxygen atoms in total. The summed E-state index contributed by atoms with van der Waals surface area (Å²) < 4.78 is 14.7. The Balaban J connectivity index is 1.94. The van der Waals surface area contributed by atoms with E-state index in [1.54, 1.807) is 12.1 Å². The standard InChI is InChI=1S/C14H18FN3/c1-3-11(2)18-9-8-14(17-18)16-10-12-4-6-13(15)7-5-12/h4-9,11H,3,10H2,1-2H3,(H,16,17)/t11-/m0/s1. The highest BCUT2D eigenvalue weighted by Gasteiger charge is 2.04. The maximum atomic E-state index is 12.7. The maximum absolute atomic E-state index is 12.7. The fourth-order valence-electron chi connectivity index (χ4n) is 1.66. The molecule has 1 N–H and O–H groups in total. The largest absolute Gasteiger partial charge is 0.365 e. The molecule has 0 unspecified atom stereocenters. The SMILES string of the molecule is CC[C@H](C)n1ccc(NCc2ccc(F)cc2)n1. The molecule has 1 heterocycles. The second-order valence-corrected chi connectivity index (χ2v) is 4.42. The molecular weight excluding hydrogens is 229 g/mol. The molecule has 0 fully saturated rings. The van der Waals surface area contributed by atoms with Gasteiger partial charge in [0, 0.05) is 24.8 Å². The van der Waals surface area contributed by atoms with Gasteiger partial charge in [-0.25, -0.2) is 4.39 Å². The summed E-state index contributed by atoms with van der Waals surface area (Å²) in [6.45, 7) is 4.92. The van der Waals surface area contributed by atoms with E-state index in [-0.39, 0.29) is 5.82 Å². The van der Waals surface area contributed by atoms with Crippen molar-refractivity contribution in [2.45, 2.75) is 32.9 Å². The molecule has 1 aromatic carbocycles. The number of anilines is 1. The van der Waals surface area contributed by atoms with Crippen LogP contribution in [0.4, 0.5) is 10.2 Å². The summed E-state index contributed by atoms with van der Waals surface area (Å²) in [5.74, 6) is 0.638. The second-order valence-electron chi connectivity index (χ2n) is 4.42. The Morgan fingerprint density at radius 2 is 2.00 bits per heavy atom. The van der Waals surface area contributed by atoms with Gasteiger partial charge in [-0.1, -0.05) is 19.1 Å². The van der Waals surface area contributed by atoms with E-state index >= 15 is 0 Å². The number of nitrogens with zero attached hydrogens (tertiary/aromatic N) is 2. The smallest absolute Gasteiger partial charge is 0.148 e. The minimum absolute atomic E-state index is 0.209. The fraction of sp³-hybridized carbons (Fsp3) is 0.357. The summed E-state index contributed by atoms with van der Waals surface area (Å²) in [6.07, 6.45) is 3.03. The van der Waals surface area contributed by atoms with E-state index in [0.29, 0.717) is 12.6 Å². The first-order chi connectivity index (χ1) is 8.69. The third-order valence-electron chi connectivity index (χ3n) is 3.04. The van der Waals surface area contributed by atoms with E-state index < -0.39 is 0 Å². The van der Waals surface area contributed by atoms with E-state index in [1.807, 2.05) is 16.9 Å². The third kappa shape index (κ3) is 3.09. The summed E-state index contributed by atoms with van der Waals surface area (Å²) in [5, 5.41) is 7.67. The van der Waals surface area contributed by atoms with Crippen LogP contribution in [0.5, 0.6) is 0 Å². The highest BCUT2D eigenvalue weighted by Crippen LogP contribution is 2.12. The Hall–Kier alpha value is -1.84. The molecule has 0 saturated heterocycles. The van der Waals surface area contributed by atoms with Crippen molar-refractivity contribution in [3.05, 3.63) is 47.9 Å². The number of halogens is 1. The van der Waals surface area contributed by atoms with Crippen molar-refractivity contribution in [1.82, 2.24) is 9.78 Å². The van der Waals surface area contributed by atoms with Crippen molar-refractivity contribution in [1.29, 1.82) is 0 Å². The lowest BCUT2D eigenvalue weighted by molar-refractivity contribution is 0.479. The second kappa shape index (κ2) is 5.67. The number of nitrogens with one attached hydrogen (secondary N) is 1. The van der Waals surface area contributed by atoms with Gasteiger partial charge in [0.1, 0.15) is 11.6 Å². The zero-order valence-electron chi connectivity index (χ0n) is 10.7. The highest BCUT2D eigenvalue weighted by molar-refractivity contribution is 5.34. The average Bonchev–Trinajstić information content (AvgIpc) is 2.86. The molecule has 2 rings (SSSR count). The minimum atomic E-state index is -0.209. The van der Waals surface area contributed by atoms with Gasteiger partial charge in [0.05, 0.1) is 0 Å². The van der Waals surface area contributed by atoms with Gasteiger partial charge in [-0.2, -0.15) is 5.10 Å². The number of hydrogen-bond donors (Lipinski definition) is 1. The van der Waals surface area contributed by atoms with Crippen LogP contribution in [-0.2, 0) is 6.54 Å². The van der Waals surface area contributed by atoms with Gasteiger partial charge < -0.3 is 5.32 Å². The highest BCUT2D eigenvalue weighted by atomic mass is 19.1. The van der Waals surface area contributed by atoms with Crippen LogP contribution in [0.3, 0.4) is 0 Å². The summed E-state index contributed by atoms with van der Waals surface area (Å²) >= 11 is 0. The Kier molecular flexibility index (Phi) is 3.97. The Labute approximate surface area is 107 Å². The van der Waals surface area contributed by atoms with E-state index in [0.717, 1.165) is 17.8 Å². The minimum Gasteiger partial charge on any atom is -0.365 e. The molecule has 0 aliphatic rings. The first-order valence-electron chi connectivity index (χ1n) is 6.22. The molecule has 1 atom stereocenters. The molecule has 96 valence electrons.